The van der Waals surface area contributed by atoms with E-state index < -0.39 is 0 Å². The van der Waals surface area contributed by atoms with Crippen LogP contribution in [0, 0.1) is 5.41 Å². The number of phenolic OH excluding ortho intramolecular Hbond substituents is 1. The van der Waals surface area contributed by atoms with E-state index in [9.17, 15) is 5.11 Å². The maximum absolute atomic E-state index is 10.2. The molecule has 0 amide bonds. The van der Waals surface area contributed by atoms with Crippen molar-refractivity contribution in [2.75, 3.05) is 33.3 Å². The number of rotatable bonds is 5. The Kier molecular flexibility index (Phi) is 7.22. The predicted molar refractivity (Wildman–Crippen MR) is 112 cm³/mol. The lowest BCUT2D eigenvalue weighted by Gasteiger charge is -2.38. The van der Waals surface area contributed by atoms with E-state index in [2.05, 4.69) is 17.1 Å². The minimum absolute atomic E-state index is 0. The molecule has 0 unspecified atom stereocenters. The third-order valence-corrected chi connectivity index (χ3v) is 5.43. The van der Waals surface area contributed by atoms with Crippen molar-refractivity contribution in [2.45, 2.75) is 39.0 Å². The number of likely N-dealkylation sites (tertiary alicyclic amines) is 1. The Hall–Kier alpha value is -1.18. The molecule has 1 aromatic rings. The molecule has 25 heavy (non-hydrogen) atoms. The normalized spacial score (nSPS) is 18.6. The number of aromatic hydroxyl groups is 1. The van der Waals surface area contributed by atoms with Gasteiger partial charge in [0.1, 0.15) is 0 Å². The topological polar surface area (TPSA) is 57.1 Å². The molecule has 6 heteroatoms. The zero-order valence-electron chi connectivity index (χ0n) is 15.3. The fourth-order valence-electron chi connectivity index (χ4n) is 3.84. The average Bonchev–Trinajstić information content (AvgIpc) is 3.01. The van der Waals surface area contributed by atoms with Gasteiger partial charge in [-0.3, -0.25) is 4.99 Å². The largest absolute Gasteiger partial charge is 0.504 e. The molecule has 0 atom stereocenters. The fourth-order valence-corrected chi connectivity index (χ4v) is 3.84. The molecule has 1 aliphatic heterocycles. The Morgan fingerprint density at radius 3 is 2.76 bits per heavy atom. The third-order valence-electron chi connectivity index (χ3n) is 5.43. The van der Waals surface area contributed by atoms with Gasteiger partial charge in [0.15, 0.2) is 17.5 Å². The molecule has 1 aromatic carbocycles. The summed E-state index contributed by atoms with van der Waals surface area (Å²) in [6.07, 6.45) is 6.14. The first-order valence-electron chi connectivity index (χ1n) is 9.05. The quantitative estimate of drug-likeness (QED) is 0.403. The maximum atomic E-state index is 10.2. The second-order valence-corrected chi connectivity index (χ2v) is 6.98. The summed E-state index contributed by atoms with van der Waals surface area (Å²) in [6, 6.07) is 5.61. The molecular formula is C19H30IN3O2. The number of guanidine groups is 1. The lowest BCUT2D eigenvalue weighted by Crippen LogP contribution is -2.42. The molecule has 3 rings (SSSR count). The van der Waals surface area contributed by atoms with Crippen LogP contribution in [-0.4, -0.2) is 49.3 Å². The summed E-state index contributed by atoms with van der Waals surface area (Å²) in [5, 5.41) is 13.6. The van der Waals surface area contributed by atoms with Crippen LogP contribution in [0.3, 0.4) is 0 Å². The van der Waals surface area contributed by atoms with Gasteiger partial charge in [0.25, 0.3) is 0 Å². The summed E-state index contributed by atoms with van der Waals surface area (Å²) in [4.78, 5) is 7.20. The number of benzene rings is 1. The van der Waals surface area contributed by atoms with Gasteiger partial charge in [0, 0.05) is 26.2 Å². The van der Waals surface area contributed by atoms with E-state index in [4.69, 9.17) is 9.73 Å². The Labute approximate surface area is 167 Å². The summed E-state index contributed by atoms with van der Waals surface area (Å²) >= 11 is 0. The molecule has 2 N–H and O–H groups in total. The monoisotopic (exact) mass is 459 g/mol. The Balaban J connectivity index is 0.00000225. The minimum Gasteiger partial charge on any atom is -0.504 e. The van der Waals surface area contributed by atoms with Crippen LogP contribution >= 0.6 is 24.0 Å². The number of ether oxygens (including phenoxy) is 1. The standard InChI is InChI=1S/C19H29N3O2.HI/c1-3-20-18(22-13-11-19(14-22)9-5-10-19)21-12-8-15-6-4-7-16(24-2)17(15)23;/h4,6-7,23H,3,5,8-14H2,1-2H3,(H,20,21);1H. The highest BCUT2D eigenvalue weighted by atomic mass is 127. The first kappa shape index (κ1) is 20.1. The van der Waals surface area contributed by atoms with Gasteiger partial charge in [-0.15, -0.1) is 24.0 Å². The van der Waals surface area contributed by atoms with Crippen molar-refractivity contribution in [3.63, 3.8) is 0 Å². The predicted octanol–water partition coefficient (Wildman–Crippen LogP) is 3.40. The zero-order chi connectivity index (χ0) is 17.0. The number of aliphatic imine (C=N–C) groups is 1. The number of hydrogen-bond acceptors (Lipinski definition) is 3. The van der Waals surface area contributed by atoms with E-state index in [1.165, 1.54) is 25.7 Å². The zero-order valence-corrected chi connectivity index (χ0v) is 17.6. The first-order valence-corrected chi connectivity index (χ1v) is 9.05. The van der Waals surface area contributed by atoms with Crippen molar-refractivity contribution in [2.24, 2.45) is 10.4 Å². The van der Waals surface area contributed by atoms with E-state index >= 15 is 0 Å². The number of methoxy groups -OCH3 is 1. The second kappa shape index (κ2) is 8.96. The second-order valence-electron chi connectivity index (χ2n) is 6.98. The molecule has 0 aromatic heterocycles. The number of halogens is 1. The number of hydrogen-bond donors (Lipinski definition) is 2. The van der Waals surface area contributed by atoms with Crippen LogP contribution in [0.5, 0.6) is 11.5 Å². The summed E-state index contributed by atoms with van der Waals surface area (Å²) in [5.74, 6) is 1.77. The fraction of sp³-hybridized carbons (Fsp3) is 0.632. The molecule has 0 radical (unpaired) electrons. The van der Waals surface area contributed by atoms with Crippen molar-refractivity contribution in [3.8, 4) is 11.5 Å². The lowest BCUT2D eigenvalue weighted by molar-refractivity contribution is 0.151. The van der Waals surface area contributed by atoms with Crippen LogP contribution in [0.15, 0.2) is 23.2 Å². The van der Waals surface area contributed by atoms with Gasteiger partial charge >= 0.3 is 0 Å². The summed E-state index contributed by atoms with van der Waals surface area (Å²) < 4.78 is 5.17. The van der Waals surface area contributed by atoms with Gasteiger partial charge in [0.2, 0.25) is 0 Å². The first-order chi connectivity index (χ1) is 11.7. The Bertz CT molecular complexity index is 602. The van der Waals surface area contributed by atoms with Gasteiger partial charge in [0.05, 0.1) is 7.11 Å². The van der Waals surface area contributed by atoms with Crippen molar-refractivity contribution in [1.29, 1.82) is 0 Å². The van der Waals surface area contributed by atoms with Crippen LogP contribution in [0.1, 0.15) is 38.2 Å². The number of phenols is 1. The molecule has 140 valence electrons. The van der Waals surface area contributed by atoms with Crippen molar-refractivity contribution in [1.82, 2.24) is 10.2 Å². The van der Waals surface area contributed by atoms with E-state index in [0.717, 1.165) is 31.2 Å². The van der Waals surface area contributed by atoms with E-state index in [0.29, 0.717) is 24.1 Å². The third kappa shape index (κ3) is 4.51. The van der Waals surface area contributed by atoms with Crippen molar-refractivity contribution < 1.29 is 9.84 Å². The molecule has 0 bridgehead atoms. The van der Waals surface area contributed by atoms with Crippen molar-refractivity contribution >= 4 is 29.9 Å². The maximum Gasteiger partial charge on any atom is 0.193 e. The van der Waals surface area contributed by atoms with Crippen LogP contribution in [0.25, 0.3) is 0 Å². The summed E-state index contributed by atoms with van der Waals surface area (Å²) in [7, 11) is 1.57. The molecule has 1 aliphatic carbocycles. The van der Waals surface area contributed by atoms with Gasteiger partial charge in [-0.25, -0.2) is 0 Å². The SMILES string of the molecule is CCNC(=NCCc1cccc(OC)c1O)N1CCC2(CCC2)C1.I. The molecule has 5 nitrogen and oxygen atoms in total. The molecule has 2 fully saturated rings. The van der Waals surface area contributed by atoms with E-state index in [1.807, 2.05) is 12.1 Å². The van der Waals surface area contributed by atoms with E-state index in [1.54, 1.807) is 13.2 Å². The van der Waals surface area contributed by atoms with Gasteiger partial charge in [-0.1, -0.05) is 18.6 Å². The highest BCUT2D eigenvalue weighted by molar-refractivity contribution is 14.0. The van der Waals surface area contributed by atoms with Gasteiger partial charge in [-0.2, -0.15) is 0 Å². The number of nitrogens with zero attached hydrogens (tertiary/aromatic N) is 2. The van der Waals surface area contributed by atoms with Gasteiger partial charge < -0.3 is 20.1 Å². The highest BCUT2D eigenvalue weighted by Crippen LogP contribution is 2.47. The number of nitrogens with one attached hydrogen (secondary N) is 1. The van der Waals surface area contributed by atoms with Crippen LogP contribution in [0.2, 0.25) is 0 Å². The Morgan fingerprint density at radius 1 is 1.36 bits per heavy atom. The smallest absolute Gasteiger partial charge is 0.193 e. The summed E-state index contributed by atoms with van der Waals surface area (Å²) in [6.45, 7) is 5.90. The van der Waals surface area contributed by atoms with Crippen LogP contribution < -0.4 is 10.1 Å². The van der Waals surface area contributed by atoms with E-state index in [-0.39, 0.29) is 29.7 Å². The number of para-hydroxylation sites is 1. The van der Waals surface area contributed by atoms with Crippen molar-refractivity contribution in [3.05, 3.63) is 23.8 Å². The Morgan fingerprint density at radius 2 is 2.16 bits per heavy atom. The van der Waals surface area contributed by atoms with Gasteiger partial charge in [-0.05, 0) is 49.7 Å². The molecule has 1 saturated carbocycles. The molecule has 1 heterocycles. The minimum atomic E-state index is 0. The highest BCUT2D eigenvalue weighted by Gasteiger charge is 2.43. The molecule has 2 aliphatic rings. The molecule has 1 saturated heterocycles. The molecule has 1 spiro atoms. The van der Waals surface area contributed by atoms with Crippen LogP contribution in [-0.2, 0) is 6.42 Å². The summed E-state index contributed by atoms with van der Waals surface area (Å²) in [5.41, 5.74) is 1.45. The average molecular weight is 459 g/mol. The lowest BCUT2D eigenvalue weighted by atomic mass is 9.68. The van der Waals surface area contributed by atoms with Crippen LogP contribution in [0.4, 0.5) is 0 Å². The molecular weight excluding hydrogens is 429 g/mol.